The molecule has 0 saturated heterocycles. The summed E-state index contributed by atoms with van der Waals surface area (Å²) in [6.45, 7) is 1.53. The van der Waals surface area contributed by atoms with Crippen LogP contribution in [-0.4, -0.2) is 9.97 Å². The predicted octanol–water partition coefficient (Wildman–Crippen LogP) is 10.1. The third-order valence-electron chi connectivity index (χ3n) is 6.03. The number of benzene rings is 3. The molecule has 0 bridgehead atoms. The van der Waals surface area contributed by atoms with Crippen LogP contribution in [0.5, 0.6) is 0 Å². The minimum Gasteiger partial charge on any atom is -0.304 e. The van der Waals surface area contributed by atoms with Crippen molar-refractivity contribution in [2.75, 3.05) is 0 Å². The number of alkyl halides is 9. The van der Waals surface area contributed by atoms with E-state index >= 15 is 0 Å². The van der Waals surface area contributed by atoms with Crippen molar-refractivity contribution >= 4 is 0 Å². The van der Waals surface area contributed by atoms with Crippen LogP contribution in [0, 0.1) is 19.1 Å². The minimum absolute atomic E-state index is 0. The van der Waals surface area contributed by atoms with Crippen molar-refractivity contribution < 1.29 is 59.6 Å². The normalized spacial score (nSPS) is 11.7. The molecular formula is C32H19F9IrN2-2. The van der Waals surface area contributed by atoms with E-state index in [1.54, 1.807) is 6.07 Å². The Morgan fingerprint density at radius 2 is 1.18 bits per heavy atom. The molecule has 2 heterocycles. The Labute approximate surface area is 260 Å². The summed E-state index contributed by atoms with van der Waals surface area (Å²) in [5.41, 5.74) is -4.69. The Kier molecular flexibility index (Phi) is 10.8. The predicted molar refractivity (Wildman–Crippen MR) is 142 cm³/mol. The molecule has 5 aromatic rings. The largest absolute Gasteiger partial charge is 0.401 e. The van der Waals surface area contributed by atoms with Crippen molar-refractivity contribution in [2.24, 2.45) is 0 Å². The molecule has 231 valence electrons. The number of pyridine rings is 2. The first-order chi connectivity index (χ1) is 20.2. The molecule has 0 aliphatic heterocycles. The van der Waals surface area contributed by atoms with Gasteiger partial charge in [0.25, 0.3) is 0 Å². The number of rotatable bonds is 3. The fraction of sp³-hybridized carbons (Fsp3) is 0.125. The van der Waals surface area contributed by atoms with E-state index < -0.39 is 46.5 Å². The van der Waals surface area contributed by atoms with Gasteiger partial charge in [0.05, 0.1) is 0 Å². The van der Waals surface area contributed by atoms with Gasteiger partial charge in [-0.25, -0.2) is 0 Å². The van der Waals surface area contributed by atoms with E-state index in [9.17, 15) is 39.5 Å². The van der Waals surface area contributed by atoms with Crippen LogP contribution >= 0.6 is 0 Å². The third kappa shape index (κ3) is 8.33. The third-order valence-corrected chi connectivity index (χ3v) is 6.03. The molecule has 0 aliphatic rings. The van der Waals surface area contributed by atoms with Crippen LogP contribution in [-0.2, 0) is 38.6 Å². The first-order valence-electron chi connectivity index (χ1n) is 12.4. The van der Waals surface area contributed by atoms with Crippen LogP contribution in [0.4, 0.5) is 39.5 Å². The number of hydrogen-bond donors (Lipinski definition) is 0. The van der Waals surface area contributed by atoms with Crippen molar-refractivity contribution in [3.05, 3.63) is 132 Å². The van der Waals surface area contributed by atoms with E-state index in [-0.39, 0.29) is 26.2 Å². The average Bonchev–Trinajstić information content (AvgIpc) is 2.97. The van der Waals surface area contributed by atoms with Crippen molar-refractivity contribution in [1.29, 1.82) is 0 Å². The van der Waals surface area contributed by atoms with E-state index in [0.29, 0.717) is 5.56 Å². The molecule has 0 saturated carbocycles. The summed E-state index contributed by atoms with van der Waals surface area (Å²) in [7, 11) is 0. The fourth-order valence-electron chi connectivity index (χ4n) is 4.07. The molecule has 44 heavy (non-hydrogen) atoms. The SMILES string of the molecule is Cc1ccc(-c2[c-]cc(C(F)(F)F)c(C(F)(F)F)c2C(F)(F)F)nc1.[Ir].[c-]1ccccc1-c1ccc(-c2ccccc2)cn1. The maximum absolute atomic E-state index is 13.3. The molecule has 3 aromatic carbocycles. The Bertz CT molecular complexity index is 1590. The standard InChI is InChI=1S/C17H12N.C15H7F9N.Ir/c1-3-7-14(8-4-1)16-11-12-17(18-13-16)15-9-5-2-6-10-15;1-7-2-5-10(25-6-7)8-3-4-9(13(16,17)18)12(15(22,23)24)11(8)14(19,20)21;/h1-9,11-13H;2,4-6H,1H3;/q2*-1;. The second kappa shape index (κ2) is 13.7. The van der Waals surface area contributed by atoms with Gasteiger partial charge in [-0.05, 0) is 51.7 Å². The molecule has 1 radical (unpaired) electrons. The first-order valence-corrected chi connectivity index (χ1v) is 12.4. The van der Waals surface area contributed by atoms with Gasteiger partial charge in [0.1, 0.15) is 0 Å². The maximum Gasteiger partial charge on any atom is 0.401 e. The second-order valence-electron chi connectivity index (χ2n) is 9.12. The van der Waals surface area contributed by atoms with Gasteiger partial charge in [0, 0.05) is 32.5 Å². The summed E-state index contributed by atoms with van der Waals surface area (Å²) in [4.78, 5) is 8.05. The zero-order valence-electron chi connectivity index (χ0n) is 22.4. The molecule has 0 atom stereocenters. The average molecular weight is 795 g/mol. The summed E-state index contributed by atoms with van der Waals surface area (Å²) in [6, 6.07) is 29.2. The van der Waals surface area contributed by atoms with E-state index in [0.717, 1.165) is 29.1 Å². The smallest absolute Gasteiger partial charge is 0.304 e. The van der Waals surface area contributed by atoms with Gasteiger partial charge in [-0.3, -0.25) is 0 Å². The molecule has 0 N–H and O–H groups in total. The van der Waals surface area contributed by atoms with E-state index in [4.69, 9.17) is 0 Å². The molecule has 5 rings (SSSR count). The maximum atomic E-state index is 13.3. The summed E-state index contributed by atoms with van der Waals surface area (Å²) >= 11 is 0. The number of nitrogens with zero attached hydrogens (tertiary/aromatic N) is 2. The Morgan fingerprint density at radius 3 is 1.68 bits per heavy atom. The monoisotopic (exact) mass is 795 g/mol. The summed E-state index contributed by atoms with van der Waals surface area (Å²) < 4.78 is 118. The van der Waals surface area contributed by atoms with Crippen LogP contribution in [0.3, 0.4) is 0 Å². The van der Waals surface area contributed by atoms with Crippen molar-refractivity contribution in [1.82, 2.24) is 9.97 Å². The topological polar surface area (TPSA) is 25.8 Å². The zero-order chi connectivity index (χ0) is 31.4. The first kappa shape index (κ1) is 34.5. The molecule has 2 aromatic heterocycles. The van der Waals surface area contributed by atoms with Crippen molar-refractivity contribution in [3.8, 4) is 33.6 Å². The van der Waals surface area contributed by atoms with Gasteiger partial charge in [-0.2, -0.15) is 39.5 Å². The van der Waals surface area contributed by atoms with Crippen LogP contribution < -0.4 is 0 Å². The van der Waals surface area contributed by atoms with Gasteiger partial charge < -0.3 is 9.97 Å². The van der Waals surface area contributed by atoms with Gasteiger partial charge in [-0.1, -0.05) is 54.6 Å². The molecule has 12 heteroatoms. The Balaban J connectivity index is 0.000000246. The molecule has 0 aliphatic carbocycles. The van der Waals surface area contributed by atoms with E-state index in [2.05, 4.69) is 34.2 Å². The van der Waals surface area contributed by atoms with Crippen LogP contribution in [0.25, 0.3) is 33.6 Å². The molecule has 2 nitrogen and oxygen atoms in total. The zero-order valence-corrected chi connectivity index (χ0v) is 24.8. The molecular weight excluding hydrogens is 776 g/mol. The van der Waals surface area contributed by atoms with E-state index in [1.807, 2.05) is 54.7 Å². The van der Waals surface area contributed by atoms with E-state index in [1.165, 1.54) is 18.6 Å². The summed E-state index contributed by atoms with van der Waals surface area (Å²) in [5.74, 6) is 0. The van der Waals surface area contributed by atoms with Crippen LogP contribution in [0.1, 0.15) is 22.3 Å². The molecule has 0 unspecified atom stereocenters. The summed E-state index contributed by atoms with van der Waals surface area (Å²) in [5, 5.41) is 0. The molecule has 0 spiro atoms. The summed E-state index contributed by atoms with van der Waals surface area (Å²) in [6.07, 6.45) is -14.2. The van der Waals surface area contributed by atoms with Crippen molar-refractivity contribution in [3.63, 3.8) is 0 Å². The number of hydrogen-bond acceptors (Lipinski definition) is 2. The molecule has 0 amide bonds. The quantitative estimate of drug-likeness (QED) is 0.134. The van der Waals surface area contributed by atoms with Gasteiger partial charge in [-0.15, -0.1) is 53.6 Å². The van der Waals surface area contributed by atoms with Gasteiger partial charge >= 0.3 is 18.5 Å². The Hall–Kier alpha value is -4.02. The number of halogens is 9. The van der Waals surface area contributed by atoms with Crippen LogP contribution in [0.2, 0.25) is 0 Å². The minimum atomic E-state index is -5.88. The van der Waals surface area contributed by atoms with Crippen molar-refractivity contribution in [2.45, 2.75) is 25.5 Å². The van der Waals surface area contributed by atoms with Gasteiger partial charge in [0.15, 0.2) is 0 Å². The second-order valence-corrected chi connectivity index (χ2v) is 9.12. The number of aryl methyl sites for hydroxylation is 1. The number of aromatic nitrogens is 2. The van der Waals surface area contributed by atoms with Crippen LogP contribution in [0.15, 0.2) is 97.3 Å². The van der Waals surface area contributed by atoms with Gasteiger partial charge in [0.2, 0.25) is 0 Å². The Morgan fingerprint density at radius 1 is 0.568 bits per heavy atom. The molecule has 0 fully saturated rings. The fourth-order valence-corrected chi connectivity index (χ4v) is 4.07.